The molecule has 1 aromatic heterocycles. The number of nitrogens with one attached hydrogen (secondary N) is 2. The van der Waals surface area contributed by atoms with Crippen molar-refractivity contribution >= 4 is 29.0 Å². The number of amides is 1. The summed E-state index contributed by atoms with van der Waals surface area (Å²) in [6, 6.07) is 17.3. The van der Waals surface area contributed by atoms with Gasteiger partial charge in [-0.2, -0.15) is 0 Å². The van der Waals surface area contributed by atoms with Crippen LogP contribution in [0.3, 0.4) is 0 Å². The topological polar surface area (TPSA) is 57.8 Å². The Kier molecular flexibility index (Phi) is 3.29. The fourth-order valence-electron chi connectivity index (χ4n) is 1.91. The van der Waals surface area contributed by atoms with Gasteiger partial charge in [0.15, 0.2) is 0 Å². The van der Waals surface area contributed by atoms with Crippen molar-refractivity contribution in [2.45, 2.75) is 0 Å². The van der Waals surface area contributed by atoms with Gasteiger partial charge in [0, 0.05) is 6.08 Å². The lowest BCUT2D eigenvalue weighted by molar-refractivity contribution is -0.111. The molecular weight excluding hydrogens is 250 g/mol. The Bertz CT molecular complexity index is 727. The van der Waals surface area contributed by atoms with Crippen LogP contribution < -0.4 is 5.32 Å². The number of aromatic nitrogens is 2. The zero-order valence-electron chi connectivity index (χ0n) is 10.7. The van der Waals surface area contributed by atoms with E-state index in [-0.39, 0.29) is 5.91 Å². The SMILES string of the molecule is O=C(/C=C/c1ccccc1)Nc1nc2ccccc2[nH]1. The summed E-state index contributed by atoms with van der Waals surface area (Å²) in [5.74, 6) is 0.238. The first kappa shape index (κ1) is 12.2. The summed E-state index contributed by atoms with van der Waals surface area (Å²) in [7, 11) is 0. The smallest absolute Gasteiger partial charge is 0.250 e. The monoisotopic (exact) mass is 263 g/mol. The van der Waals surface area contributed by atoms with E-state index in [0.717, 1.165) is 16.6 Å². The molecular formula is C16H13N3O. The van der Waals surface area contributed by atoms with Gasteiger partial charge in [0.2, 0.25) is 5.95 Å². The van der Waals surface area contributed by atoms with E-state index in [0.29, 0.717) is 5.95 Å². The number of aromatic amines is 1. The molecule has 0 unspecified atom stereocenters. The van der Waals surface area contributed by atoms with Crippen LogP contribution >= 0.6 is 0 Å². The van der Waals surface area contributed by atoms with Crippen molar-refractivity contribution in [2.24, 2.45) is 0 Å². The third kappa shape index (κ3) is 2.75. The fourth-order valence-corrected chi connectivity index (χ4v) is 1.91. The molecule has 0 saturated carbocycles. The van der Waals surface area contributed by atoms with Crippen LogP contribution in [0.15, 0.2) is 60.7 Å². The molecule has 1 amide bonds. The van der Waals surface area contributed by atoms with Crippen LogP contribution in [0.1, 0.15) is 5.56 Å². The molecule has 0 aliphatic rings. The maximum absolute atomic E-state index is 11.8. The first-order valence-corrected chi connectivity index (χ1v) is 6.30. The van der Waals surface area contributed by atoms with E-state index in [2.05, 4.69) is 15.3 Å². The summed E-state index contributed by atoms with van der Waals surface area (Å²) in [5, 5.41) is 2.71. The summed E-state index contributed by atoms with van der Waals surface area (Å²) >= 11 is 0. The van der Waals surface area contributed by atoms with Crippen LogP contribution in [0, 0.1) is 0 Å². The van der Waals surface area contributed by atoms with Gasteiger partial charge in [0.05, 0.1) is 11.0 Å². The maximum Gasteiger partial charge on any atom is 0.250 e. The minimum absolute atomic E-state index is 0.215. The summed E-state index contributed by atoms with van der Waals surface area (Å²) in [5.41, 5.74) is 2.71. The van der Waals surface area contributed by atoms with Crippen LogP contribution in [0.2, 0.25) is 0 Å². The Hall–Kier alpha value is -2.88. The molecule has 0 atom stereocenters. The number of rotatable bonds is 3. The maximum atomic E-state index is 11.8. The van der Waals surface area contributed by atoms with Crippen molar-refractivity contribution in [1.29, 1.82) is 0 Å². The van der Waals surface area contributed by atoms with Crippen molar-refractivity contribution in [2.75, 3.05) is 5.32 Å². The molecule has 0 radical (unpaired) electrons. The molecule has 0 spiro atoms. The van der Waals surface area contributed by atoms with Crippen molar-refractivity contribution < 1.29 is 4.79 Å². The van der Waals surface area contributed by atoms with Gasteiger partial charge < -0.3 is 4.98 Å². The summed E-state index contributed by atoms with van der Waals surface area (Å²) < 4.78 is 0. The molecule has 0 bridgehead atoms. The summed E-state index contributed by atoms with van der Waals surface area (Å²) in [4.78, 5) is 19.1. The number of H-pyrrole nitrogens is 1. The van der Waals surface area contributed by atoms with E-state index in [1.807, 2.05) is 54.6 Å². The minimum Gasteiger partial charge on any atom is -0.324 e. The predicted octanol–water partition coefficient (Wildman–Crippen LogP) is 3.21. The Morgan fingerprint density at radius 3 is 2.60 bits per heavy atom. The van der Waals surface area contributed by atoms with Crippen molar-refractivity contribution in [3.8, 4) is 0 Å². The summed E-state index contributed by atoms with van der Waals surface area (Å²) in [6.45, 7) is 0. The van der Waals surface area contributed by atoms with Gasteiger partial charge in [-0.15, -0.1) is 0 Å². The second-order valence-electron chi connectivity index (χ2n) is 4.34. The molecule has 0 aliphatic heterocycles. The molecule has 3 aromatic rings. The van der Waals surface area contributed by atoms with Crippen LogP contribution in [-0.4, -0.2) is 15.9 Å². The van der Waals surface area contributed by atoms with E-state index >= 15 is 0 Å². The van der Waals surface area contributed by atoms with Crippen LogP contribution in [0.4, 0.5) is 5.95 Å². The number of para-hydroxylation sites is 2. The van der Waals surface area contributed by atoms with E-state index in [9.17, 15) is 4.79 Å². The standard InChI is InChI=1S/C16H13N3O/c20-15(11-10-12-6-2-1-3-7-12)19-16-17-13-8-4-5-9-14(13)18-16/h1-11H,(H2,17,18,19,20)/b11-10+. The highest BCUT2D eigenvalue weighted by atomic mass is 16.1. The highest BCUT2D eigenvalue weighted by molar-refractivity contribution is 6.01. The van der Waals surface area contributed by atoms with Crippen LogP contribution in [0.25, 0.3) is 17.1 Å². The second kappa shape index (κ2) is 5.40. The minimum atomic E-state index is -0.215. The quantitative estimate of drug-likeness (QED) is 0.713. The van der Waals surface area contributed by atoms with E-state index in [4.69, 9.17) is 0 Å². The van der Waals surface area contributed by atoms with Gasteiger partial charge in [-0.1, -0.05) is 42.5 Å². The van der Waals surface area contributed by atoms with Gasteiger partial charge in [-0.25, -0.2) is 4.98 Å². The Morgan fingerprint density at radius 2 is 1.80 bits per heavy atom. The molecule has 2 N–H and O–H groups in total. The Labute approximate surface area is 116 Å². The number of imidazole rings is 1. The first-order valence-electron chi connectivity index (χ1n) is 6.30. The van der Waals surface area contributed by atoms with Gasteiger partial charge in [-0.05, 0) is 23.8 Å². The molecule has 98 valence electrons. The molecule has 20 heavy (non-hydrogen) atoms. The van der Waals surface area contributed by atoms with Crippen molar-refractivity contribution in [1.82, 2.24) is 9.97 Å². The third-order valence-corrected chi connectivity index (χ3v) is 2.86. The number of anilines is 1. The zero-order chi connectivity index (χ0) is 13.8. The summed E-state index contributed by atoms with van der Waals surface area (Å²) in [6.07, 6.45) is 3.25. The van der Waals surface area contributed by atoms with Gasteiger partial charge in [0.25, 0.3) is 5.91 Å². The highest BCUT2D eigenvalue weighted by Gasteiger charge is 2.03. The number of nitrogens with zero attached hydrogens (tertiary/aromatic N) is 1. The number of carbonyl (C=O) groups is 1. The highest BCUT2D eigenvalue weighted by Crippen LogP contribution is 2.13. The zero-order valence-corrected chi connectivity index (χ0v) is 10.7. The van der Waals surface area contributed by atoms with Gasteiger partial charge >= 0.3 is 0 Å². The lowest BCUT2D eigenvalue weighted by atomic mass is 10.2. The number of carbonyl (C=O) groups excluding carboxylic acids is 1. The number of hydrogen-bond acceptors (Lipinski definition) is 2. The second-order valence-corrected chi connectivity index (χ2v) is 4.34. The Morgan fingerprint density at radius 1 is 1.05 bits per heavy atom. The molecule has 0 aliphatic carbocycles. The average Bonchev–Trinajstić information content (AvgIpc) is 2.88. The number of fused-ring (bicyclic) bond motifs is 1. The largest absolute Gasteiger partial charge is 0.324 e. The fraction of sp³-hybridized carbons (Fsp3) is 0. The molecule has 4 nitrogen and oxygen atoms in total. The average molecular weight is 263 g/mol. The van der Waals surface area contributed by atoms with E-state index in [1.165, 1.54) is 6.08 Å². The molecule has 0 fully saturated rings. The normalized spacial score (nSPS) is 11.0. The lowest BCUT2D eigenvalue weighted by Crippen LogP contribution is -2.08. The van der Waals surface area contributed by atoms with Crippen LogP contribution in [-0.2, 0) is 4.79 Å². The third-order valence-electron chi connectivity index (χ3n) is 2.86. The van der Waals surface area contributed by atoms with Crippen molar-refractivity contribution in [3.63, 3.8) is 0 Å². The van der Waals surface area contributed by atoms with E-state index < -0.39 is 0 Å². The van der Waals surface area contributed by atoms with Gasteiger partial charge in [0.1, 0.15) is 0 Å². The molecule has 2 aromatic carbocycles. The molecule has 3 rings (SSSR count). The molecule has 1 heterocycles. The van der Waals surface area contributed by atoms with Crippen molar-refractivity contribution in [3.05, 3.63) is 66.2 Å². The number of benzene rings is 2. The van der Waals surface area contributed by atoms with Crippen LogP contribution in [0.5, 0.6) is 0 Å². The molecule has 4 heteroatoms. The first-order chi connectivity index (χ1) is 9.81. The lowest BCUT2D eigenvalue weighted by Gasteiger charge is -1.96. The van der Waals surface area contributed by atoms with E-state index in [1.54, 1.807) is 6.08 Å². The number of hydrogen-bond donors (Lipinski definition) is 2. The van der Waals surface area contributed by atoms with Gasteiger partial charge in [-0.3, -0.25) is 10.1 Å². The molecule has 0 saturated heterocycles. The predicted molar refractivity (Wildman–Crippen MR) is 80.2 cm³/mol. The Balaban J connectivity index is 1.71.